The molecule has 3 N–H and O–H groups in total. The van der Waals surface area contributed by atoms with Crippen molar-refractivity contribution in [2.24, 2.45) is 12.8 Å². The van der Waals surface area contributed by atoms with Crippen molar-refractivity contribution in [1.29, 1.82) is 0 Å². The fourth-order valence-electron chi connectivity index (χ4n) is 2.47. The maximum absolute atomic E-state index is 12.6. The lowest BCUT2D eigenvalue weighted by Gasteiger charge is -2.13. The standard InChI is InChI=1S/C15H18N4OS/c1-8-5-9(2)12(10(3)6-8)15(20)18-14-11(13(16)21)7-17-19(14)4/h5-7H,1-4H3,(H2,16,21)(H,18,20). The zero-order valence-corrected chi connectivity index (χ0v) is 13.3. The highest BCUT2D eigenvalue weighted by molar-refractivity contribution is 7.80. The quantitative estimate of drug-likeness (QED) is 0.853. The first-order valence-electron chi connectivity index (χ1n) is 6.52. The molecule has 0 fully saturated rings. The van der Waals surface area contributed by atoms with Crippen LogP contribution in [0, 0.1) is 20.8 Å². The third kappa shape index (κ3) is 2.95. The number of thiocarbonyl (C=S) groups is 1. The van der Waals surface area contributed by atoms with E-state index in [9.17, 15) is 4.79 Å². The number of carbonyl (C=O) groups excluding carboxylic acids is 1. The number of hydrogen-bond acceptors (Lipinski definition) is 3. The van der Waals surface area contributed by atoms with E-state index in [0.29, 0.717) is 16.9 Å². The highest BCUT2D eigenvalue weighted by atomic mass is 32.1. The highest BCUT2D eigenvalue weighted by Gasteiger charge is 2.18. The second kappa shape index (κ2) is 5.65. The number of hydrogen-bond donors (Lipinski definition) is 2. The van der Waals surface area contributed by atoms with Crippen LogP contribution in [-0.4, -0.2) is 20.7 Å². The molecule has 0 atom stereocenters. The smallest absolute Gasteiger partial charge is 0.257 e. The number of nitrogens with one attached hydrogen (secondary N) is 1. The first-order valence-corrected chi connectivity index (χ1v) is 6.93. The molecule has 110 valence electrons. The second-order valence-corrected chi connectivity index (χ2v) is 5.56. The van der Waals surface area contributed by atoms with Gasteiger partial charge in [0.2, 0.25) is 0 Å². The number of aromatic nitrogens is 2. The lowest BCUT2D eigenvalue weighted by Crippen LogP contribution is -2.20. The fourth-order valence-corrected chi connectivity index (χ4v) is 2.62. The number of anilines is 1. The number of carbonyl (C=O) groups is 1. The van der Waals surface area contributed by atoms with Gasteiger partial charge in [0.05, 0.1) is 11.8 Å². The number of nitrogens with two attached hydrogens (primary N) is 1. The van der Waals surface area contributed by atoms with Crippen LogP contribution < -0.4 is 11.1 Å². The van der Waals surface area contributed by atoms with Crippen LogP contribution in [0.15, 0.2) is 18.3 Å². The van der Waals surface area contributed by atoms with E-state index in [1.165, 1.54) is 0 Å². The van der Waals surface area contributed by atoms with Crippen molar-refractivity contribution in [2.75, 3.05) is 5.32 Å². The maximum atomic E-state index is 12.6. The van der Waals surface area contributed by atoms with E-state index in [4.69, 9.17) is 18.0 Å². The Hall–Kier alpha value is -2.21. The fraction of sp³-hybridized carbons (Fsp3) is 0.267. The maximum Gasteiger partial charge on any atom is 0.257 e. The summed E-state index contributed by atoms with van der Waals surface area (Å²) in [6.07, 6.45) is 1.55. The average molecular weight is 302 g/mol. The van der Waals surface area contributed by atoms with Crippen molar-refractivity contribution in [3.8, 4) is 0 Å². The van der Waals surface area contributed by atoms with Crippen molar-refractivity contribution < 1.29 is 4.79 Å². The van der Waals surface area contributed by atoms with E-state index in [1.54, 1.807) is 17.9 Å². The molecule has 21 heavy (non-hydrogen) atoms. The first kappa shape index (κ1) is 15.2. The summed E-state index contributed by atoms with van der Waals surface area (Å²) < 4.78 is 1.55. The van der Waals surface area contributed by atoms with Gasteiger partial charge in [-0.2, -0.15) is 5.10 Å². The molecular weight excluding hydrogens is 284 g/mol. The average Bonchev–Trinajstić information content (AvgIpc) is 2.69. The Morgan fingerprint density at radius 3 is 2.38 bits per heavy atom. The summed E-state index contributed by atoms with van der Waals surface area (Å²) in [5.41, 5.74) is 9.87. The normalized spacial score (nSPS) is 10.5. The molecule has 2 aromatic rings. The summed E-state index contributed by atoms with van der Waals surface area (Å²) >= 11 is 4.97. The van der Waals surface area contributed by atoms with Crippen LogP contribution in [0.25, 0.3) is 0 Å². The van der Waals surface area contributed by atoms with E-state index >= 15 is 0 Å². The molecule has 0 aliphatic rings. The van der Waals surface area contributed by atoms with Crippen LogP contribution in [-0.2, 0) is 7.05 Å². The molecule has 5 nitrogen and oxygen atoms in total. The van der Waals surface area contributed by atoms with Gasteiger partial charge in [-0.3, -0.25) is 9.48 Å². The van der Waals surface area contributed by atoms with Crippen molar-refractivity contribution in [3.63, 3.8) is 0 Å². The molecule has 1 heterocycles. The van der Waals surface area contributed by atoms with Crippen LogP contribution in [0.4, 0.5) is 5.82 Å². The summed E-state index contributed by atoms with van der Waals surface area (Å²) in [6, 6.07) is 3.97. The molecule has 0 bridgehead atoms. The zero-order chi connectivity index (χ0) is 15.7. The third-order valence-electron chi connectivity index (χ3n) is 3.34. The summed E-state index contributed by atoms with van der Waals surface area (Å²) in [7, 11) is 1.73. The van der Waals surface area contributed by atoms with Gasteiger partial charge in [-0.05, 0) is 31.9 Å². The van der Waals surface area contributed by atoms with Gasteiger partial charge in [0, 0.05) is 12.6 Å². The number of amides is 1. The Morgan fingerprint density at radius 2 is 1.86 bits per heavy atom. The summed E-state index contributed by atoms with van der Waals surface area (Å²) in [5.74, 6) is 0.318. The predicted molar refractivity (Wildman–Crippen MR) is 87.7 cm³/mol. The van der Waals surface area contributed by atoms with Gasteiger partial charge in [0.1, 0.15) is 10.8 Å². The van der Waals surface area contributed by atoms with Crippen molar-refractivity contribution in [3.05, 3.63) is 46.1 Å². The monoisotopic (exact) mass is 302 g/mol. The van der Waals surface area contributed by atoms with E-state index < -0.39 is 0 Å². The molecule has 0 spiro atoms. The lowest BCUT2D eigenvalue weighted by molar-refractivity contribution is 0.102. The SMILES string of the molecule is Cc1cc(C)c(C(=O)Nc2c(C(N)=S)cnn2C)c(C)c1. The van der Waals surface area contributed by atoms with Gasteiger partial charge in [0.15, 0.2) is 0 Å². The predicted octanol–water partition coefficient (Wildman–Crippen LogP) is 2.23. The van der Waals surface area contributed by atoms with Crippen LogP contribution in [0.2, 0.25) is 0 Å². The number of rotatable bonds is 3. The minimum Gasteiger partial charge on any atom is -0.389 e. The first-order chi connectivity index (χ1) is 9.81. The molecule has 1 aromatic heterocycles. The van der Waals surface area contributed by atoms with Gasteiger partial charge in [0.25, 0.3) is 5.91 Å². The molecule has 2 rings (SSSR count). The molecule has 0 radical (unpaired) electrons. The summed E-state index contributed by atoms with van der Waals surface area (Å²) in [4.78, 5) is 12.8. The lowest BCUT2D eigenvalue weighted by atomic mass is 9.99. The van der Waals surface area contributed by atoms with Gasteiger partial charge < -0.3 is 11.1 Å². The van der Waals surface area contributed by atoms with Crippen LogP contribution >= 0.6 is 12.2 Å². The molecule has 1 amide bonds. The number of benzene rings is 1. The van der Waals surface area contributed by atoms with Gasteiger partial charge in [-0.25, -0.2) is 0 Å². The number of aryl methyl sites for hydroxylation is 4. The molecule has 0 unspecified atom stereocenters. The van der Waals surface area contributed by atoms with Crippen LogP contribution in [0.1, 0.15) is 32.6 Å². The van der Waals surface area contributed by atoms with E-state index in [0.717, 1.165) is 16.7 Å². The van der Waals surface area contributed by atoms with Gasteiger partial charge >= 0.3 is 0 Å². The van der Waals surface area contributed by atoms with Crippen molar-refractivity contribution in [1.82, 2.24) is 9.78 Å². The zero-order valence-electron chi connectivity index (χ0n) is 12.5. The molecular formula is C15H18N4OS. The number of nitrogens with zero attached hydrogens (tertiary/aromatic N) is 2. The third-order valence-corrected chi connectivity index (χ3v) is 3.56. The Morgan fingerprint density at radius 1 is 1.29 bits per heavy atom. The summed E-state index contributed by atoms with van der Waals surface area (Å²) in [6.45, 7) is 5.85. The molecule has 1 aromatic carbocycles. The van der Waals surface area contributed by atoms with Gasteiger partial charge in [-0.1, -0.05) is 29.9 Å². The molecule has 0 aliphatic heterocycles. The van der Waals surface area contributed by atoms with E-state index in [1.807, 2.05) is 32.9 Å². The Balaban J connectivity index is 2.40. The summed E-state index contributed by atoms with van der Waals surface area (Å²) in [5, 5.41) is 6.93. The van der Waals surface area contributed by atoms with Crippen LogP contribution in [0.3, 0.4) is 0 Å². The minimum absolute atomic E-state index is 0.189. The topological polar surface area (TPSA) is 72.9 Å². The Bertz CT molecular complexity index is 710. The molecule has 0 saturated heterocycles. The molecule has 0 saturated carbocycles. The Labute approximate surface area is 129 Å². The molecule has 6 heteroatoms. The second-order valence-electron chi connectivity index (χ2n) is 5.12. The van der Waals surface area contributed by atoms with Crippen molar-refractivity contribution in [2.45, 2.75) is 20.8 Å². The van der Waals surface area contributed by atoms with Crippen LogP contribution in [0.5, 0.6) is 0 Å². The minimum atomic E-state index is -0.189. The highest BCUT2D eigenvalue weighted by Crippen LogP contribution is 2.20. The van der Waals surface area contributed by atoms with Crippen molar-refractivity contribution >= 4 is 28.9 Å². The van der Waals surface area contributed by atoms with E-state index in [2.05, 4.69) is 10.4 Å². The Kier molecular flexibility index (Phi) is 4.09. The van der Waals surface area contributed by atoms with E-state index in [-0.39, 0.29) is 10.9 Å². The van der Waals surface area contributed by atoms with Gasteiger partial charge in [-0.15, -0.1) is 0 Å². The molecule has 0 aliphatic carbocycles. The largest absolute Gasteiger partial charge is 0.389 e.